The standard InChI is InChI=1S/C25H30N2OS/c1-6-8-12-22-19(5)11-9-13-23(22)24-16-27-25(29-24)21(10-7-2)14-20(15-26)17-28-18(3)4/h7,9-11,13-14,16-18H,6,8,12H2,1-5H3/b10-7-,20-17-,21-14+. The molecule has 152 valence electrons. The number of allylic oxidation sites excluding steroid dienone is 5. The Balaban J connectivity index is 2.43. The number of thiazole rings is 1. The maximum Gasteiger partial charge on any atom is 0.123 e. The van der Waals surface area contributed by atoms with Crippen molar-refractivity contribution in [1.82, 2.24) is 4.98 Å². The van der Waals surface area contributed by atoms with E-state index in [9.17, 15) is 5.26 Å². The van der Waals surface area contributed by atoms with Crippen LogP contribution in [0.4, 0.5) is 0 Å². The Hall–Kier alpha value is -2.64. The van der Waals surface area contributed by atoms with Crippen molar-refractivity contribution >= 4 is 16.9 Å². The third-order valence-electron chi connectivity index (χ3n) is 4.46. The van der Waals surface area contributed by atoms with E-state index in [0.717, 1.165) is 21.9 Å². The quantitative estimate of drug-likeness (QED) is 0.250. The van der Waals surface area contributed by atoms with Gasteiger partial charge in [0.15, 0.2) is 0 Å². The Bertz CT molecular complexity index is 942. The number of hydrogen-bond acceptors (Lipinski definition) is 4. The lowest BCUT2D eigenvalue weighted by Gasteiger charge is -2.10. The first kappa shape index (κ1) is 22.6. The molecule has 1 aromatic carbocycles. The van der Waals surface area contributed by atoms with Crippen molar-refractivity contribution in [1.29, 1.82) is 5.26 Å². The summed E-state index contributed by atoms with van der Waals surface area (Å²) in [6.45, 7) is 10.2. The number of ether oxygens (including phenoxy) is 1. The van der Waals surface area contributed by atoms with Crippen LogP contribution in [0.25, 0.3) is 16.0 Å². The van der Waals surface area contributed by atoms with Crippen LogP contribution < -0.4 is 0 Å². The van der Waals surface area contributed by atoms with E-state index in [2.05, 4.69) is 43.1 Å². The fraction of sp³-hybridized carbons (Fsp3) is 0.360. The van der Waals surface area contributed by atoms with Crippen LogP contribution in [0.2, 0.25) is 0 Å². The van der Waals surface area contributed by atoms with Gasteiger partial charge in [-0.25, -0.2) is 4.98 Å². The maximum atomic E-state index is 9.45. The molecule has 0 amide bonds. The first-order valence-corrected chi connectivity index (χ1v) is 11.0. The number of nitriles is 1. The van der Waals surface area contributed by atoms with Crippen molar-refractivity contribution in [3.8, 4) is 16.5 Å². The molecule has 4 heteroatoms. The molecule has 0 radical (unpaired) electrons. The number of nitrogens with zero attached hydrogens (tertiary/aromatic N) is 2. The maximum absolute atomic E-state index is 9.45. The van der Waals surface area contributed by atoms with E-state index in [1.165, 1.54) is 35.8 Å². The summed E-state index contributed by atoms with van der Waals surface area (Å²) in [7, 11) is 0. The molecule has 2 rings (SSSR count). The van der Waals surface area contributed by atoms with Crippen LogP contribution >= 0.6 is 11.3 Å². The third kappa shape index (κ3) is 6.44. The smallest absolute Gasteiger partial charge is 0.123 e. The first-order valence-electron chi connectivity index (χ1n) is 10.1. The normalized spacial score (nSPS) is 12.6. The summed E-state index contributed by atoms with van der Waals surface area (Å²) in [6.07, 6.45) is 12.7. The fourth-order valence-electron chi connectivity index (χ4n) is 2.98. The Morgan fingerprint density at radius 3 is 2.79 bits per heavy atom. The van der Waals surface area contributed by atoms with Crippen molar-refractivity contribution in [2.75, 3.05) is 0 Å². The van der Waals surface area contributed by atoms with Crippen LogP contribution in [0.1, 0.15) is 56.7 Å². The SMILES string of the molecule is C\C=C/C(=C\C(C#N)=C\OC(C)C)c1ncc(-c2cccc(C)c2CCCC)s1. The molecule has 0 saturated carbocycles. The third-order valence-corrected chi connectivity index (χ3v) is 5.54. The number of unbranched alkanes of at least 4 members (excludes halogenated alkanes) is 1. The Morgan fingerprint density at radius 2 is 2.14 bits per heavy atom. The highest BCUT2D eigenvalue weighted by Gasteiger charge is 2.13. The molecular weight excluding hydrogens is 376 g/mol. The van der Waals surface area contributed by atoms with E-state index >= 15 is 0 Å². The summed E-state index contributed by atoms with van der Waals surface area (Å²) in [5.74, 6) is 0. The van der Waals surface area contributed by atoms with Gasteiger partial charge >= 0.3 is 0 Å². The fourth-order valence-corrected chi connectivity index (χ4v) is 3.95. The minimum absolute atomic E-state index is 0.0336. The van der Waals surface area contributed by atoms with E-state index < -0.39 is 0 Å². The van der Waals surface area contributed by atoms with Gasteiger partial charge in [-0.3, -0.25) is 0 Å². The predicted octanol–water partition coefficient (Wildman–Crippen LogP) is 7.25. The van der Waals surface area contributed by atoms with Gasteiger partial charge in [-0.05, 0) is 63.3 Å². The molecule has 0 bridgehead atoms. The molecule has 0 aliphatic heterocycles. The lowest BCUT2D eigenvalue weighted by Crippen LogP contribution is -1.96. The molecule has 0 unspecified atom stereocenters. The molecule has 1 heterocycles. The van der Waals surface area contributed by atoms with Crippen LogP contribution in [0.3, 0.4) is 0 Å². The molecule has 0 N–H and O–H groups in total. The molecule has 0 saturated heterocycles. The van der Waals surface area contributed by atoms with Crippen molar-refractivity contribution in [3.63, 3.8) is 0 Å². The van der Waals surface area contributed by atoms with Crippen molar-refractivity contribution in [2.45, 2.75) is 60.0 Å². The first-order chi connectivity index (χ1) is 14.0. The molecule has 3 nitrogen and oxygen atoms in total. The molecule has 0 aliphatic carbocycles. The van der Waals surface area contributed by atoms with E-state index in [4.69, 9.17) is 4.74 Å². The van der Waals surface area contributed by atoms with Gasteiger partial charge in [-0.15, -0.1) is 11.3 Å². The van der Waals surface area contributed by atoms with E-state index in [0.29, 0.717) is 5.57 Å². The lowest BCUT2D eigenvalue weighted by atomic mass is 9.96. The number of hydrogen-bond donors (Lipinski definition) is 0. The van der Waals surface area contributed by atoms with Crippen molar-refractivity contribution in [3.05, 3.63) is 70.6 Å². The Labute approximate surface area is 179 Å². The van der Waals surface area contributed by atoms with E-state index in [1.54, 1.807) is 11.3 Å². The van der Waals surface area contributed by atoms with Gasteiger partial charge in [0, 0.05) is 11.8 Å². The molecule has 0 fully saturated rings. The van der Waals surface area contributed by atoms with Crippen LogP contribution in [0.5, 0.6) is 0 Å². The highest BCUT2D eigenvalue weighted by atomic mass is 32.1. The average Bonchev–Trinajstić information content (AvgIpc) is 3.19. The van der Waals surface area contributed by atoms with Crippen molar-refractivity contribution in [2.24, 2.45) is 0 Å². The zero-order valence-corrected chi connectivity index (χ0v) is 18.8. The Kier molecular flexibility index (Phi) is 8.89. The molecule has 0 aliphatic rings. The second-order valence-corrected chi connectivity index (χ2v) is 8.23. The van der Waals surface area contributed by atoms with Crippen LogP contribution in [0, 0.1) is 18.3 Å². The summed E-state index contributed by atoms with van der Waals surface area (Å²) >= 11 is 1.66. The van der Waals surface area contributed by atoms with Gasteiger partial charge in [0.2, 0.25) is 0 Å². The lowest BCUT2D eigenvalue weighted by molar-refractivity contribution is 0.178. The highest BCUT2D eigenvalue weighted by molar-refractivity contribution is 7.16. The number of aromatic nitrogens is 1. The van der Waals surface area contributed by atoms with Gasteiger partial charge in [-0.2, -0.15) is 5.26 Å². The van der Waals surface area contributed by atoms with Crippen LogP contribution in [0.15, 0.2) is 54.5 Å². The monoisotopic (exact) mass is 406 g/mol. The molecular formula is C25H30N2OS. The topological polar surface area (TPSA) is 45.9 Å². The Morgan fingerprint density at radius 1 is 1.34 bits per heavy atom. The van der Waals surface area contributed by atoms with Gasteiger partial charge in [0.1, 0.15) is 17.3 Å². The largest absolute Gasteiger partial charge is 0.497 e. The van der Waals surface area contributed by atoms with Crippen LogP contribution in [-0.2, 0) is 11.2 Å². The van der Waals surface area contributed by atoms with E-state index in [1.807, 2.05) is 45.2 Å². The van der Waals surface area contributed by atoms with Crippen molar-refractivity contribution < 1.29 is 4.74 Å². The number of aryl methyl sites for hydroxylation is 1. The summed E-state index contributed by atoms with van der Waals surface area (Å²) in [4.78, 5) is 5.83. The van der Waals surface area contributed by atoms with Gasteiger partial charge in [0.25, 0.3) is 0 Å². The molecule has 2 aromatic rings. The summed E-state index contributed by atoms with van der Waals surface area (Å²) < 4.78 is 5.48. The van der Waals surface area contributed by atoms with Gasteiger partial charge < -0.3 is 4.74 Å². The summed E-state index contributed by atoms with van der Waals surface area (Å²) in [6, 6.07) is 8.68. The second kappa shape index (κ2) is 11.4. The molecule has 29 heavy (non-hydrogen) atoms. The minimum Gasteiger partial charge on any atom is -0.497 e. The number of benzene rings is 1. The van der Waals surface area contributed by atoms with E-state index in [-0.39, 0.29) is 6.10 Å². The minimum atomic E-state index is 0.0336. The molecule has 0 spiro atoms. The predicted molar refractivity (Wildman–Crippen MR) is 124 cm³/mol. The summed E-state index contributed by atoms with van der Waals surface area (Å²) in [5, 5.41) is 10.3. The summed E-state index contributed by atoms with van der Waals surface area (Å²) in [5.41, 5.74) is 5.38. The molecule has 1 aromatic heterocycles. The second-order valence-electron chi connectivity index (χ2n) is 7.20. The zero-order valence-electron chi connectivity index (χ0n) is 18.0. The zero-order chi connectivity index (χ0) is 21.2. The van der Waals surface area contributed by atoms with Gasteiger partial charge in [-0.1, -0.05) is 43.7 Å². The number of rotatable bonds is 9. The average molecular weight is 407 g/mol. The highest BCUT2D eigenvalue weighted by Crippen LogP contribution is 2.34. The molecule has 0 atom stereocenters. The van der Waals surface area contributed by atoms with Crippen LogP contribution in [-0.4, -0.2) is 11.1 Å². The van der Waals surface area contributed by atoms with Gasteiger partial charge in [0.05, 0.1) is 16.6 Å².